The maximum atomic E-state index is 13.2. The van der Waals surface area contributed by atoms with Gasteiger partial charge in [-0.2, -0.15) is 0 Å². The van der Waals surface area contributed by atoms with Crippen LogP contribution in [-0.4, -0.2) is 38.3 Å². The Morgan fingerprint density at radius 3 is 2.53 bits per heavy atom. The number of amides is 1. The lowest BCUT2D eigenvalue weighted by atomic mass is 9.94. The second kappa shape index (κ2) is 8.56. The number of aromatic nitrogens is 1. The number of aliphatic hydroxyl groups excluding tert-OH is 1. The molecule has 0 spiro atoms. The number of nitrogens with one attached hydrogen (secondary N) is 1. The van der Waals surface area contributed by atoms with Crippen LogP contribution in [0.5, 0.6) is 5.75 Å². The molecule has 34 heavy (non-hydrogen) atoms. The Morgan fingerprint density at radius 2 is 1.76 bits per heavy atom. The molecule has 1 saturated heterocycles. The number of carbonyl (C=O) groups excluding carboxylic acids is 2. The molecule has 1 amide bonds. The third-order valence-corrected chi connectivity index (χ3v) is 6.35. The number of aromatic amines is 1. The fourth-order valence-electron chi connectivity index (χ4n) is 4.59. The summed E-state index contributed by atoms with van der Waals surface area (Å²) in [5, 5.41) is 22.0. The number of phenolic OH excluding ortho intramolecular Hbond substituents is 1. The van der Waals surface area contributed by atoms with Gasteiger partial charge in [-0.15, -0.1) is 0 Å². The van der Waals surface area contributed by atoms with Crippen molar-refractivity contribution in [2.45, 2.75) is 19.4 Å². The lowest BCUT2D eigenvalue weighted by molar-refractivity contribution is -0.139. The number of aliphatic hydroxyl groups is 1. The molecule has 4 aromatic rings. The summed E-state index contributed by atoms with van der Waals surface area (Å²) >= 11 is 0. The van der Waals surface area contributed by atoms with Gasteiger partial charge in [0.2, 0.25) is 0 Å². The number of para-hydroxylation sites is 1. The molecular formula is C28H24N2O4. The Bertz CT molecular complexity index is 1430. The number of rotatable bonds is 5. The van der Waals surface area contributed by atoms with Crippen LogP contribution in [-0.2, 0) is 16.0 Å². The number of hydrogen-bond donors (Lipinski definition) is 3. The smallest absolute Gasteiger partial charge is 0.295 e. The van der Waals surface area contributed by atoms with Crippen LogP contribution in [0.15, 0.2) is 84.6 Å². The highest BCUT2D eigenvalue weighted by atomic mass is 16.3. The molecule has 1 aliphatic heterocycles. The highest BCUT2D eigenvalue weighted by molar-refractivity contribution is 6.46. The summed E-state index contributed by atoms with van der Waals surface area (Å²) in [5.41, 5.74) is 4.16. The van der Waals surface area contributed by atoms with Crippen molar-refractivity contribution in [3.8, 4) is 5.75 Å². The molecule has 1 fully saturated rings. The number of phenols is 1. The van der Waals surface area contributed by atoms with E-state index in [1.165, 1.54) is 17.0 Å². The van der Waals surface area contributed by atoms with E-state index >= 15 is 0 Å². The van der Waals surface area contributed by atoms with E-state index in [1.54, 1.807) is 12.1 Å². The van der Waals surface area contributed by atoms with Crippen LogP contribution in [0.4, 0.5) is 0 Å². The molecule has 2 heterocycles. The van der Waals surface area contributed by atoms with Crippen molar-refractivity contribution in [1.82, 2.24) is 9.88 Å². The van der Waals surface area contributed by atoms with E-state index in [-0.39, 0.29) is 22.6 Å². The van der Waals surface area contributed by atoms with E-state index < -0.39 is 17.7 Å². The van der Waals surface area contributed by atoms with Crippen LogP contribution in [0, 0.1) is 6.92 Å². The number of fused-ring (bicyclic) bond motifs is 1. The molecule has 6 nitrogen and oxygen atoms in total. The van der Waals surface area contributed by atoms with Crippen molar-refractivity contribution >= 4 is 28.4 Å². The van der Waals surface area contributed by atoms with Crippen molar-refractivity contribution in [1.29, 1.82) is 0 Å². The lowest BCUT2D eigenvalue weighted by Gasteiger charge is -2.25. The molecule has 1 aromatic heterocycles. The monoisotopic (exact) mass is 452 g/mol. The highest BCUT2D eigenvalue weighted by Gasteiger charge is 2.45. The van der Waals surface area contributed by atoms with E-state index in [0.29, 0.717) is 13.0 Å². The largest absolute Gasteiger partial charge is 0.508 e. The molecule has 0 saturated carbocycles. The number of carbonyl (C=O) groups is 2. The van der Waals surface area contributed by atoms with Gasteiger partial charge in [-0.25, -0.2) is 0 Å². The molecule has 170 valence electrons. The summed E-state index contributed by atoms with van der Waals surface area (Å²) in [7, 11) is 0. The first-order valence-electron chi connectivity index (χ1n) is 11.1. The summed E-state index contributed by atoms with van der Waals surface area (Å²) in [4.78, 5) is 31.1. The number of nitrogens with zero attached hydrogens (tertiary/aromatic N) is 1. The zero-order chi connectivity index (χ0) is 23.8. The lowest BCUT2D eigenvalue weighted by Crippen LogP contribution is -2.31. The van der Waals surface area contributed by atoms with Gasteiger partial charge in [0.15, 0.2) is 0 Å². The number of aromatic hydroxyl groups is 1. The van der Waals surface area contributed by atoms with Crippen molar-refractivity contribution in [2.24, 2.45) is 0 Å². The van der Waals surface area contributed by atoms with Crippen molar-refractivity contribution in [3.05, 3.63) is 107 Å². The summed E-state index contributed by atoms with van der Waals surface area (Å²) in [5.74, 6) is -1.71. The molecule has 3 N–H and O–H groups in total. The minimum atomic E-state index is -0.731. The Labute approximate surface area is 196 Å². The molecule has 0 bridgehead atoms. The maximum Gasteiger partial charge on any atom is 0.295 e. The quantitative estimate of drug-likeness (QED) is 0.229. The van der Waals surface area contributed by atoms with Gasteiger partial charge in [-0.05, 0) is 42.7 Å². The zero-order valence-corrected chi connectivity index (χ0v) is 18.7. The highest BCUT2D eigenvalue weighted by Crippen LogP contribution is 2.40. The number of ketones is 1. The van der Waals surface area contributed by atoms with Crippen molar-refractivity contribution < 1.29 is 19.8 Å². The summed E-state index contributed by atoms with van der Waals surface area (Å²) < 4.78 is 0. The van der Waals surface area contributed by atoms with Gasteiger partial charge in [-0.3, -0.25) is 9.59 Å². The Morgan fingerprint density at radius 1 is 1.00 bits per heavy atom. The summed E-state index contributed by atoms with van der Waals surface area (Å²) in [6.45, 7) is 2.27. The van der Waals surface area contributed by atoms with Crippen LogP contribution in [0.1, 0.15) is 28.3 Å². The van der Waals surface area contributed by atoms with E-state index in [4.69, 9.17) is 0 Å². The van der Waals surface area contributed by atoms with Gasteiger partial charge in [0, 0.05) is 29.2 Å². The minimum Gasteiger partial charge on any atom is -0.508 e. The first-order chi connectivity index (χ1) is 16.4. The van der Waals surface area contributed by atoms with Crippen LogP contribution in [0.25, 0.3) is 16.7 Å². The number of likely N-dealkylation sites (tertiary alicyclic amines) is 1. The molecule has 1 aliphatic rings. The van der Waals surface area contributed by atoms with E-state index in [1.807, 2.05) is 61.7 Å². The SMILES string of the molecule is Cc1ccc(C2/C(=C(\O)c3cccc(O)c3)C(=O)C(=O)N2CCc2c[nH]c3ccccc23)cc1. The van der Waals surface area contributed by atoms with Gasteiger partial charge >= 0.3 is 0 Å². The standard InChI is InChI=1S/C28H24N2O4/c1-17-9-11-18(12-10-17)25-24(26(32)19-5-4-6-21(31)15-19)27(33)28(34)30(25)14-13-20-16-29-23-8-3-2-7-22(20)23/h2-12,15-16,25,29,31-32H,13-14H2,1H3/b26-24+. The number of hydrogen-bond acceptors (Lipinski definition) is 4. The van der Waals surface area contributed by atoms with E-state index in [2.05, 4.69) is 4.98 Å². The van der Waals surface area contributed by atoms with E-state index in [9.17, 15) is 19.8 Å². The normalized spacial score (nSPS) is 17.6. The van der Waals surface area contributed by atoms with Gasteiger partial charge < -0.3 is 20.1 Å². The molecule has 6 heteroatoms. The predicted molar refractivity (Wildman–Crippen MR) is 130 cm³/mol. The fourth-order valence-corrected chi connectivity index (χ4v) is 4.59. The zero-order valence-electron chi connectivity index (χ0n) is 18.7. The topological polar surface area (TPSA) is 93.6 Å². The molecule has 0 aliphatic carbocycles. The molecular weight excluding hydrogens is 428 g/mol. The second-order valence-corrected chi connectivity index (χ2v) is 8.56. The second-order valence-electron chi connectivity index (χ2n) is 8.56. The predicted octanol–water partition coefficient (Wildman–Crippen LogP) is 4.85. The molecule has 5 rings (SSSR count). The number of H-pyrrole nitrogens is 1. The third-order valence-electron chi connectivity index (χ3n) is 6.35. The Balaban J connectivity index is 1.57. The molecule has 1 atom stereocenters. The Kier molecular flexibility index (Phi) is 5.42. The first kappa shape index (κ1) is 21.5. The summed E-state index contributed by atoms with van der Waals surface area (Å²) in [6, 6.07) is 20.8. The van der Waals surface area contributed by atoms with Crippen molar-refractivity contribution in [3.63, 3.8) is 0 Å². The van der Waals surface area contributed by atoms with Gasteiger partial charge in [-0.1, -0.05) is 60.2 Å². The molecule has 0 radical (unpaired) electrons. The molecule has 1 unspecified atom stereocenters. The average Bonchev–Trinajstić information content (AvgIpc) is 3.36. The van der Waals surface area contributed by atoms with Gasteiger partial charge in [0.05, 0.1) is 11.6 Å². The van der Waals surface area contributed by atoms with Gasteiger partial charge in [0.1, 0.15) is 11.5 Å². The maximum absolute atomic E-state index is 13.2. The average molecular weight is 453 g/mol. The van der Waals surface area contributed by atoms with Crippen LogP contribution < -0.4 is 0 Å². The number of Topliss-reactive ketones (excluding diaryl/α,β-unsaturated/α-hetero) is 1. The van der Waals surface area contributed by atoms with Crippen LogP contribution in [0.3, 0.4) is 0 Å². The molecule has 3 aromatic carbocycles. The summed E-state index contributed by atoms with van der Waals surface area (Å²) in [6.07, 6.45) is 2.47. The van der Waals surface area contributed by atoms with Crippen molar-refractivity contribution in [2.75, 3.05) is 6.54 Å². The fraction of sp³-hybridized carbons (Fsp3) is 0.143. The number of benzene rings is 3. The minimum absolute atomic E-state index is 0.0263. The van der Waals surface area contributed by atoms with Crippen LogP contribution in [0.2, 0.25) is 0 Å². The van der Waals surface area contributed by atoms with Gasteiger partial charge in [0.25, 0.3) is 11.7 Å². The first-order valence-corrected chi connectivity index (χ1v) is 11.1. The number of aryl methyl sites for hydroxylation is 1. The third kappa shape index (κ3) is 3.73. The Hall–Kier alpha value is -4.32. The van der Waals surface area contributed by atoms with Crippen LogP contribution >= 0.6 is 0 Å². The van der Waals surface area contributed by atoms with E-state index in [0.717, 1.165) is 27.6 Å².